The summed E-state index contributed by atoms with van der Waals surface area (Å²) >= 11 is 0. The van der Waals surface area contributed by atoms with Crippen molar-refractivity contribution < 1.29 is 0 Å². The SMILES string of the molecule is C=C(c1ccccc1)[C@@H]1C[C@H]1c1ccccc1. The fraction of sp³-hybridized carbons (Fsp3) is 0.176. The zero-order chi connectivity index (χ0) is 11.7. The minimum absolute atomic E-state index is 0.639. The number of hydrogen-bond donors (Lipinski definition) is 0. The first-order valence-corrected chi connectivity index (χ1v) is 6.15. The Labute approximate surface area is 103 Å². The van der Waals surface area contributed by atoms with E-state index < -0.39 is 0 Å². The van der Waals surface area contributed by atoms with E-state index in [9.17, 15) is 0 Å². The fourth-order valence-corrected chi connectivity index (χ4v) is 2.52. The quantitative estimate of drug-likeness (QED) is 0.714. The molecular formula is C17H16. The Morgan fingerprint density at radius 2 is 1.47 bits per heavy atom. The van der Waals surface area contributed by atoms with E-state index in [2.05, 4.69) is 67.2 Å². The topological polar surface area (TPSA) is 0 Å². The van der Waals surface area contributed by atoms with Gasteiger partial charge >= 0.3 is 0 Å². The molecule has 2 aromatic rings. The molecule has 0 heteroatoms. The normalized spacial score (nSPS) is 22.1. The summed E-state index contributed by atoms with van der Waals surface area (Å²) in [6.07, 6.45) is 1.25. The second kappa shape index (κ2) is 4.21. The van der Waals surface area contributed by atoms with E-state index in [4.69, 9.17) is 0 Å². The third-order valence-electron chi connectivity index (χ3n) is 3.61. The summed E-state index contributed by atoms with van der Waals surface area (Å²) in [4.78, 5) is 0. The van der Waals surface area contributed by atoms with Crippen LogP contribution in [0.4, 0.5) is 0 Å². The van der Waals surface area contributed by atoms with Crippen molar-refractivity contribution in [1.82, 2.24) is 0 Å². The van der Waals surface area contributed by atoms with Gasteiger partial charge < -0.3 is 0 Å². The maximum atomic E-state index is 4.26. The van der Waals surface area contributed by atoms with Gasteiger partial charge in [0.2, 0.25) is 0 Å². The minimum atomic E-state index is 0.639. The Kier molecular flexibility index (Phi) is 2.56. The molecule has 1 saturated carbocycles. The fourth-order valence-electron chi connectivity index (χ4n) is 2.52. The molecule has 0 aromatic heterocycles. The molecule has 3 rings (SSSR count). The molecule has 0 amide bonds. The summed E-state index contributed by atoms with van der Waals surface area (Å²) in [5.41, 5.74) is 4.03. The molecule has 0 bridgehead atoms. The third kappa shape index (κ3) is 2.03. The average Bonchev–Trinajstić information content (AvgIpc) is 3.20. The molecule has 0 unspecified atom stereocenters. The summed E-state index contributed by atoms with van der Waals surface area (Å²) in [6.45, 7) is 4.26. The van der Waals surface area contributed by atoms with Gasteiger partial charge in [-0.3, -0.25) is 0 Å². The number of rotatable bonds is 3. The standard InChI is InChI=1S/C17H16/c1-13(14-8-4-2-5-9-14)16-12-17(16)15-10-6-3-7-11-15/h2-11,16-17H,1,12H2/t16-,17-/m0/s1. The lowest BCUT2D eigenvalue weighted by Crippen LogP contribution is -1.87. The van der Waals surface area contributed by atoms with Gasteiger partial charge in [-0.1, -0.05) is 67.2 Å². The first-order valence-electron chi connectivity index (χ1n) is 6.15. The predicted molar refractivity (Wildman–Crippen MR) is 72.8 cm³/mol. The molecule has 17 heavy (non-hydrogen) atoms. The maximum Gasteiger partial charge on any atom is -0.00868 e. The molecular weight excluding hydrogens is 204 g/mol. The molecule has 0 heterocycles. The highest BCUT2D eigenvalue weighted by molar-refractivity contribution is 5.69. The molecule has 1 fully saturated rings. The largest absolute Gasteiger partial charge is 0.0949 e. The predicted octanol–water partition coefficient (Wildman–Crippen LogP) is 4.50. The van der Waals surface area contributed by atoms with Crippen LogP contribution in [0.2, 0.25) is 0 Å². The lowest BCUT2D eigenvalue weighted by molar-refractivity contribution is 1.03. The first-order chi connectivity index (χ1) is 8.36. The molecule has 1 aliphatic rings. The number of benzene rings is 2. The second-order valence-corrected chi connectivity index (χ2v) is 4.75. The summed E-state index contributed by atoms with van der Waals surface area (Å²) in [5.74, 6) is 1.32. The molecule has 1 aliphatic carbocycles. The van der Waals surface area contributed by atoms with E-state index in [-0.39, 0.29) is 0 Å². The van der Waals surface area contributed by atoms with Gasteiger partial charge in [0, 0.05) is 0 Å². The Morgan fingerprint density at radius 1 is 0.882 bits per heavy atom. The van der Waals surface area contributed by atoms with Crippen LogP contribution in [0, 0.1) is 5.92 Å². The molecule has 0 nitrogen and oxygen atoms in total. The molecule has 2 aromatic carbocycles. The molecule has 84 valence electrons. The van der Waals surface area contributed by atoms with E-state index in [1.165, 1.54) is 23.1 Å². The zero-order valence-corrected chi connectivity index (χ0v) is 9.84. The zero-order valence-electron chi connectivity index (χ0n) is 9.84. The van der Waals surface area contributed by atoms with Crippen LogP contribution >= 0.6 is 0 Å². The second-order valence-electron chi connectivity index (χ2n) is 4.75. The van der Waals surface area contributed by atoms with E-state index in [0.717, 1.165) is 0 Å². The minimum Gasteiger partial charge on any atom is -0.0949 e. The van der Waals surface area contributed by atoms with Gasteiger partial charge in [0.05, 0.1) is 0 Å². The highest BCUT2D eigenvalue weighted by atomic mass is 14.4. The number of hydrogen-bond acceptors (Lipinski definition) is 0. The van der Waals surface area contributed by atoms with Crippen LogP contribution in [0.25, 0.3) is 5.57 Å². The highest BCUT2D eigenvalue weighted by Gasteiger charge is 2.40. The molecule has 0 aliphatic heterocycles. The van der Waals surface area contributed by atoms with Crippen LogP contribution < -0.4 is 0 Å². The smallest absolute Gasteiger partial charge is 0.00868 e. The van der Waals surface area contributed by atoms with Crippen LogP contribution in [0.1, 0.15) is 23.5 Å². The highest BCUT2D eigenvalue weighted by Crippen LogP contribution is 2.53. The van der Waals surface area contributed by atoms with Gasteiger partial charge in [0.15, 0.2) is 0 Å². The molecule has 0 N–H and O–H groups in total. The van der Waals surface area contributed by atoms with Gasteiger partial charge in [-0.15, -0.1) is 0 Å². The third-order valence-corrected chi connectivity index (χ3v) is 3.61. The Bertz CT molecular complexity index is 510. The average molecular weight is 220 g/mol. The molecule has 2 atom stereocenters. The lowest BCUT2D eigenvalue weighted by atomic mass is 10.00. The van der Waals surface area contributed by atoms with E-state index >= 15 is 0 Å². The van der Waals surface area contributed by atoms with Crippen LogP contribution in [-0.4, -0.2) is 0 Å². The van der Waals surface area contributed by atoms with Crippen molar-refractivity contribution in [3.8, 4) is 0 Å². The first kappa shape index (κ1) is 10.3. The summed E-state index contributed by atoms with van der Waals surface area (Å²) < 4.78 is 0. The van der Waals surface area contributed by atoms with E-state index in [1.54, 1.807) is 0 Å². The molecule has 0 spiro atoms. The van der Waals surface area contributed by atoms with Crippen LogP contribution in [0.5, 0.6) is 0 Å². The van der Waals surface area contributed by atoms with E-state index in [1.807, 2.05) is 0 Å². The van der Waals surface area contributed by atoms with Crippen molar-refractivity contribution in [1.29, 1.82) is 0 Å². The van der Waals surface area contributed by atoms with Gasteiger partial charge in [-0.2, -0.15) is 0 Å². The van der Waals surface area contributed by atoms with Crippen molar-refractivity contribution in [2.24, 2.45) is 5.92 Å². The van der Waals surface area contributed by atoms with Crippen molar-refractivity contribution in [2.45, 2.75) is 12.3 Å². The summed E-state index contributed by atoms with van der Waals surface area (Å²) in [6, 6.07) is 21.3. The van der Waals surface area contributed by atoms with Crippen molar-refractivity contribution in [3.63, 3.8) is 0 Å². The summed E-state index contributed by atoms with van der Waals surface area (Å²) in [5, 5.41) is 0. The van der Waals surface area contributed by atoms with Crippen molar-refractivity contribution >= 4 is 5.57 Å². The maximum absolute atomic E-state index is 4.26. The van der Waals surface area contributed by atoms with Gasteiger partial charge in [-0.25, -0.2) is 0 Å². The molecule has 0 radical (unpaired) electrons. The lowest BCUT2D eigenvalue weighted by Gasteiger charge is -2.05. The number of allylic oxidation sites excluding steroid dienone is 1. The van der Waals surface area contributed by atoms with Gasteiger partial charge in [0.25, 0.3) is 0 Å². The molecule has 0 saturated heterocycles. The van der Waals surface area contributed by atoms with Gasteiger partial charge in [-0.05, 0) is 35.0 Å². The Balaban J connectivity index is 1.76. The van der Waals surface area contributed by atoms with Crippen LogP contribution in [-0.2, 0) is 0 Å². The Morgan fingerprint density at radius 3 is 2.12 bits per heavy atom. The Hall–Kier alpha value is -1.82. The van der Waals surface area contributed by atoms with Gasteiger partial charge in [0.1, 0.15) is 0 Å². The van der Waals surface area contributed by atoms with Crippen LogP contribution in [0.15, 0.2) is 67.2 Å². The monoisotopic (exact) mass is 220 g/mol. The van der Waals surface area contributed by atoms with Crippen LogP contribution in [0.3, 0.4) is 0 Å². The van der Waals surface area contributed by atoms with E-state index in [0.29, 0.717) is 11.8 Å². The summed E-state index contributed by atoms with van der Waals surface area (Å²) in [7, 11) is 0. The van der Waals surface area contributed by atoms with Crippen molar-refractivity contribution in [2.75, 3.05) is 0 Å². The van der Waals surface area contributed by atoms with Crippen molar-refractivity contribution in [3.05, 3.63) is 78.4 Å².